The van der Waals surface area contributed by atoms with Gasteiger partial charge in [-0.2, -0.15) is 0 Å². The van der Waals surface area contributed by atoms with Crippen molar-refractivity contribution in [3.8, 4) is 0 Å². The average Bonchev–Trinajstić information content (AvgIpc) is 3.19. The topological polar surface area (TPSA) is 48.5 Å². The van der Waals surface area contributed by atoms with Gasteiger partial charge in [-0.3, -0.25) is 4.90 Å². The minimum Gasteiger partial charge on any atom is -0.332 e. The van der Waals surface area contributed by atoms with Gasteiger partial charge in [0.2, 0.25) is 0 Å². The molecule has 0 unspecified atom stereocenters. The lowest BCUT2D eigenvalue weighted by Crippen LogP contribution is -2.47. The largest absolute Gasteiger partial charge is 0.332 e. The van der Waals surface area contributed by atoms with Crippen molar-refractivity contribution in [3.05, 3.63) is 28.7 Å². The number of thiazole rings is 1. The van der Waals surface area contributed by atoms with E-state index in [4.69, 9.17) is 0 Å². The minimum atomic E-state index is -0.826. The Bertz CT molecular complexity index is 565. The normalized spacial score (nSPS) is 27.3. The molecule has 1 aromatic rings. The van der Waals surface area contributed by atoms with E-state index in [1.165, 1.54) is 0 Å². The van der Waals surface area contributed by atoms with Crippen LogP contribution in [0.25, 0.3) is 0 Å². The molecular weight excluding hydrogens is 327 g/mol. The van der Waals surface area contributed by atoms with Crippen LogP contribution in [0, 0.1) is 0 Å². The van der Waals surface area contributed by atoms with Gasteiger partial charge in [0.15, 0.2) is 0 Å². The zero-order valence-electron chi connectivity index (χ0n) is 14.0. The van der Waals surface area contributed by atoms with Gasteiger partial charge < -0.3 is 10.2 Å². The number of carbonyl (C=O) groups is 1. The Labute approximate surface area is 146 Å². The van der Waals surface area contributed by atoms with Crippen LogP contribution in [0.1, 0.15) is 30.7 Å². The molecule has 5 nitrogen and oxygen atoms in total. The number of nitrogens with one attached hydrogen (secondary N) is 1. The molecule has 1 aliphatic carbocycles. The lowest BCUT2D eigenvalue weighted by atomic mass is 10.0. The highest BCUT2D eigenvalue weighted by Gasteiger charge is 2.34. The lowest BCUT2D eigenvalue weighted by Gasteiger charge is -2.29. The second kappa shape index (κ2) is 8.07. The summed E-state index contributed by atoms with van der Waals surface area (Å²) >= 11 is 1.59. The smallest absolute Gasteiger partial charge is 0.317 e. The number of hydrogen-bond acceptors (Lipinski definition) is 4. The highest BCUT2D eigenvalue weighted by Crippen LogP contribution is 2.24. The third-order valence-corrected chi connectivity index (χ3v) is 5.46. The number of nitrogens with zero attached hydrogens (tertiary/aromatic N) is 3. The van der Waals surface area contributed by atoms with Crippen LogP contribution in [0.4, 0.5) is 9.18 Å². The Balaban J connectivity index is 1.53. The SMILES string of the molecule is CN(C[C@@H]1C[C@H](F)CN1Cc1nccs1)C(=O)N[C@H]1C=CCCC1. The molecule has 2 heterocycles. The Morgan fingerprint density at radius 3 is 3.17 bits per heavy atom. The molecule has 132 valence electrons. The summed E-state index contributed by atoms with van der Waals surface area (Å²) in [6.07, 6.45) is 8.80. The number of alkyl halides is 1. The molecule has 1 saturated heterocycles. The van der Waals surface area contributed by atoms with Gasteiger partial charge in [0, 0.05) is 43.8 Å². The van der Waals surface area contributed by atoms with Gasteiger partial charge >= 0.3 is 6.03 Å². The van der Waals surface area contributed by atoms with Gasteiger partial charge in [0.1, 0.15) is 11.2 Å². The molecule has 2 amide bonds. The number of amides is 2. The van der Waals surface area contributed by atoms with Crippen molar-refractivity contribution in [3.63, 3.8) is 0 Å². The van der Waals surface area contributed by atoms with E-state index in [0.717, 1.165) is 24.3 Å². The van der Waals surface area contributed by atoms with Gasteiger partial charge in [-0.15, -0.1) is 11.3 Å². The summed E-state index contributed by atoms with van der Waals surface area (Å²) in [5.41, 5.74) is 0. The van der Waals surface area contributed by atoms with E-state index >= 15 is 0 Å². The van der Waals surface area contributed by atoms with Crippen molar-refractivity contribution in [1.82, 2.24) is 20.1 Å². The van der Waals surface area contributed by atoms with Crippen LogP contribution in [-0.2, 0) is 6.54 Å². The second-order valence-electron chi connectivity index (χ2n) is 6.64. The number of likely N-dealkylation sites (tertiary alicyclic amines) is 1. The quantitative estimate of drug-likeness (QED) is 0.829. The number of aromatic nitrogens is 1. The molecule has 0 aromatic carbocycles. The van der Waals surface area contributed by atoms with Crippen LogP contribution < -0.4 is 5.32 Å². The minimum absolute atomic E-state index is 0.0431. The van der Waals surface area contributed by atoms with Gasteiger partial charge in [-0.1, -0.05) is 12.2 Å². The third kappa shape index (κ3) is 4.54. The third-order valence-electron chi connectivity index (χ3n) is 4.69. The Kier molecular flexibility index (Phi) is 5.84. The van der Waals surface area contributed by atoms with Gasteiger partial charge in [0.25, 0.3) is 0 Å². The molecule has 7 heteroatoms. The molecule has 0 spiro atoms. The zero-order chi connectivity index (χ0) is 16.9. The first-order valence-electron chi connectivity index (χ1n) is 8.56. The fraction of sp³-hybridized carbons (Fsp3) is 0.647. The number of likely N-dealkylation sites (N-methyl/N-ethyl adjacent to an activating group) is 1. The number of rotatable bonds is 5. The molecule has 0 radical (unpaired) electrons. The fourth-order valence-corrected chi connectivity index (χ4v) is 4.05. The van der Waals surface area contributed by atoms with Crippen LogP contribution in [0.5, 0.6) is 0 Å². The Morgan fingerprint density at radius 2 is 2.46 bits per heavy atom. The Morgan fingerprint density at radius 1 is 1.58 bits per heavy atom. The standard InChI is InChI=1S/C17H25FN4OS/c1-21(17(23)20-14-5-3-2-4-6-14)11-15-9-13(18)10-22(15)12-16-19-7-8-24-16/h3,5,7-8,13-15H,2,4,6,9-12H2,1H3,(H,20,23)/t13-,14-,15-/m0/s1. The van der Waals surface area contributed by atoms with Crippen LogP contribution in [0.3, 0.4) is 0 Å². The number of urea groups is 1. The summed E-state index contributed by atoms with van der Waals surface area (Å²) in [5, 5.41) is 5.97. The van der Waals surface area contributed by atoms with Gasteiger partial charge in [0.05, 0.1) is 6.54 Å². The molecule has 1 N–H and O–H groups in total. The summed E-state index contributed by atoms with van der Waals surface area (Å²) < 4.78 is 13.9. The molecular formula is C17H25FN4OS. The zero-order valence-corrected chi connectivity index (χ0v) is 14.8. The molecule has 3 rings (SSSR count). The Hall–Kier alpha value is -1.47. The van der Waals surface area contributed by atoms with E-state index in [1.54, 1.807) is 29.5 Å². The second-order valence-corrected chi connectivity index (χ2v) is 7.62. The van der Waals surface area contributed by atoms with E-state index in [1.807, 2.05) is 5.38 Å². The summed E-state index contributed by atoms with van der Waals surface area (Å²) in [7, 11) is 1.79. The number of carbonyl (C=O) groups excluding carboxylic acids is 1. The van der Waals surface area contributed by atoms with E-state index < -0.39 is 6.17 Å². The van der Waals surface area contributed by atoms with Crippen molar-refractivity contribution in [2.75, 3.05) is 20.1 Å². The van der Waals surface area contributed by atoms with E-state index in [9.17, 15) is 9.18 Å². The predicted molar refractivity (Wildman–Crippen MR) is 93.8 cm³/mol. The van der Waals surface area contributed by atoms with Crippen molar-refractivity contribution in [2.45, 2.75) is 50.5 Å². The molecule has 0 saturated carbocycles. The highest BCUT2D eigenvalue weighted by molar-refractivity contribution is 7.09. The number of hydrogen-bond donors (Lipinski definition) is 1. The molecule has 3 atom stereocenters. The molecule has 24 heavy (non-hydrogen) atoms. The first-order valence-corrected chi connectivity index (χ1v) is 9.44. The van der Waals surface area contributed by atoms with Gasteiger partial charge in [-0.25, -0.2) is 14.2 Å². The van der Waals surface area contributed by atoms with E-state index in [0.29, 0.717) is 26.1 Å². The number of halogens is 1. The van der Waals surface area contributed by atoms with Crippen LogP contribution in [-0.4, -0.2) is 59.2 Å². The maximum atomic E-state index is 13.9. The maximum absolute atomic E-state index is 13.9. The van der Waals surface area contributed by atoms with Crippen molar-refractivity contribution in [1.29, 1.82) is 0 Å². The predicted octanol–water partition coefficient (Wildman–Crippen LogP) is 2.81. The van der Waals surface area contributed by atoms with E-state index in [-0.39, 0.29) is 18.1 Å². The molecule has 1 aromatic heterocycles. The summed E-state index contributed by atoms with van der Waals surface area (Å²) in [6, 6.07) is 0.0854. The summed E-state index contributed by atoms with van der Waals surface area (Å²) in [5.74, 6) is 0. The first kappa shape index (κ1) is 17.4. The highest BCUT2D eigenvalue weighted by atomic mass is 32.1. The average molecular weight is 352 g/mol. The summed E-state index contributed by atoms with van der Waals surface area (Å²) in [4.78, 5) is 20.4. The first-order chi connectivity index (χ1) is 11.6. The lowest BCUT2D eigenvalue weighted by molar-refractivity contribution is 0.172. The maximum Gasteiger partial charge on any atom is 0.317 e. The van der Waals surface area contributed by atoms with Crippen molar-refractivity contribution >= 4 is 17.4 Å². The van der Waals surface area contributed by atoms with Crippen LogP contribution in [0.2, 0.25) is 0 Å². The molecule has 1 aliphatic heterocycles. The van der Waals surface area contributed by atoms with Crippen molar-refractivity contribution in [2.24, 2.45) is 0 Å². The fourth-order valence-electron chi connectivity index (χ4n) is 3.41. The van der Waals surface area contributed by atoms with Crippen LogP contribution >= 0.6 is 11.3 Å². The summed E-state index contributed by atoms with van der Waals surface area (Å²) in [6.45, 7) is 1.61. The van der Waals surface area contributed by atoms with Crippen molar-refractivity contribution < 1.29 is 9.18 Å². The molecule has 2 aliphatic rings. The monoisotopic (exact) mass is 352 g/mol. The van der Waals surface area contributed by atoms with Gasteiger partial charge in [-0.05, 0) is 25.7 Å². The molecule has 1 fully saturated rings. The number of allylic oxidation sites excluding steroid dienone is 1. The van der Waals surface area contributed by atoms with Crippen LogP contribution in [0.15, 0.2) is 23.7 Å². The molecule has 0 bridgehead atoms. The van der Waals surface area contributed by atoms with E-state index in [2.05, 4.69) is 27.4 Å².